The van der Waals surface area contributed by atoms with E-state index in [4.69, 9.17) is 11.3 Å². The lowest BCUT2D eigenvalue weighted by Crippen LogP contribution is -2.21. The maximum atomic E-state index is 6.90. The molecule has 1 aliphatic rings. The van der Waals surface area contributed by atoms with Crippen LogP contribution >= 0.6 is 0 Å². The van der Waals surface area contributed by atoms with Crippen molar-refractivity contribution in [1.29, 1.82) is 0 Å². The normalized spacial score (nSPS) is 23.5. The topological polar surface area (TPSA) is 39.4 Å². The van der Waals surface area contributed by atoms with Crippen molar-refractivity contribution in [2.24, 2.45) is 0 Å². The first-order valence-electron chi connectivity index (χ1n) is 5.07. The van der Waals surface area contributed by atoms with Gasteiger partial charge in [-0.3, -0.25) is 0 Å². The van der Waals surface area contributed by atoms with Crippen molar-refractivity contribution < 1.29 is 4.74 Å². The lowest BCUT2D eigenvalue weighted by Gasteiger charge is -2.21. The number of hydrogen-bond donors (Lipinski definition) is 0. The van der Waals surface area contributed by atoms with E-state index in [0.717, 1.165) is 24.1 Å². The molecular weight excluding hydrogens is 190 g/mol. The Hall–Kier alpha value is -1.47. The predicted octanol–water partition coefficient (Wildman–Crippen LogP) is 2.57. The molecule has 1 aromatic heterocycles. The number of nitrogens with zero attached hydrogens (tertiary/aromatic N) is 3. The van der Waals surface area contributed by atoms with Gasteiger partial charge in [-0.15, -0.1) is 6.57 Å². The SMILES string of the molecule is [C-]#[N+]c1ncc2c(n1)C(C)(CCC)OC2. The number of ether oxygens (including phenoxy) is 1. The van der Waals surface area contributed by atoms with Crippen molar-refractivity contribution in [2.45, 2.75) is 38.9 Å². The standard InChI is InChI=1S/C11H13N3O/c1-4-5-11(2)9-8(7-15-11)6-13-10(12-3)14-9/h6H,4-5,7H2,1-2H3. The molecule has 0 N–H and O–H groups in total. The van der Waals surface area contributed by atoms with Crippen LogP contribution in [0.5, 0.6) is 0 Å². The van der Waals surface area contributed by atoms with E-state index in [1.165, 1.54) is 0 Å². The van der Waals surface area contributed by atoms with E-state index in [1.54, 1.807) is 6.20 Å². The quantitative estimate of drug-likeness (QED) is 0.693. The monoisotopic (exact) mass is 203 g/mol. The molecular formula is C11H13N3O. The molecule has 4 heteroatoms. The molecule has 0 aliphatic carbocycles. The first kappa shape index (κ1) is 10.1. The second-order valence-corrected chi connectivity index (χ2v) is 3.93. The van der Waals surface area contributed by atoms with Gasteiger partial charge >= 0.3 is 5.95 Å². The summed E-state index contributed by atoms with van der Waals surface area (Å²) in [6.07, 6.45) is 3.67. The van der Waals surface area contributed by atoms with E-state index in [9.17, 15) is 0 Å². The first-order valence-corrected chi connectivity index (χ1v) is 5.07. The maximum Gasteiger partial charge on any atom is 0.371 e. The van der Waals surface area contributed by atoms with E-state index < -0.39 is 0 Å². The molecule has 0 saturated carbocycles. The van der Waals surface area contributed by atoms with Crippen molar-refractivity contribution in [2.75, 3.05) is 0 Å². The van der Waals surface area contributed by atoms with Gasteiger partial charge in [-0.1, -0.05) is 13.3 Å². The molecule has 2 heterocycles. The predicted molar refractivity (Wildman–Crippen MR) is 55.3 cm³/mol. The molecule has 0 amide bonds. The van der Waals surface area contributed by atoms with Crippen molar-refractivity contribution >= 4 is 5.95 Å². The summed E-state index contributed by atoms with van der Waals surface area (Å²) in [5.74, 6) is 0.210. The smallest absolute Gasteiger partial charge is 0.371 e. The zero-order valence-corrected chi connectivity index (χ0v) is 8.95. The highest BCUT2D eigenvalue weighted by molar-refractivity contribution is 5.34. The molecule has 0 aromatic carbocycles. The number of rotatable bonds is 2. The molecule has 2 rings (SSSR count). The van der Waals surface area contributed by atoms with Crippen LogP contribution in [0.4, 0.5) is 5.95 Å². The average molecular weight is 203 g/mol. The maximum absolute atomic E-state index is 6.90. The van der Waals surface area contributed by atoms with Gasteiger partial charge < -0.3 is 9.58 Å². The molecule has 78 valence electrons. The molecule has 1 aromatic rings. The molecule has 0 radical (unpaired) electrons. The van der Waals surface area contributed by atoms with Crippen molar-refractivity contribution in [1.82, 2.24) is 9.97 Å². The van der Waals surface area contributed by atoms with Gasteiger partial charge in [-0.05, 0) is 13.3 Å². The molecule has 1 atom stereocenters. The molecule has 0 bridgehead atoms. The van der Waals surface area contributed by atoms with Gasteiger partial charge in [0.15, 0.2) is 0 Å². The average Bonchev–Trinajstić information content (AvgIpc) is 2.57. The van der Waals surface area contributed by atoms with Gasteiger partial charge in [0.1, 0.15) is 11.3 Å². The van der Waals surface area contributed by atoms with Crippen LogP contribution in [0.25, 0.3) is 4.85 Å². The third kappa shape index (κ3) is 1.59. The fraction of sp³-hybridized carbons (Fsp3) is 0.545. The van der Waals surface area contributed by atoms with Crippen LogP contribution < -0.4 is 0 Å². The van der Waals surface area contributed by atoms with Crippen LogP contribution in [-0.2, 0) is 16.9 Å². The summed E-state index contributed by atoms with van der Waals surface area (Å²) >= 11 is 0. The van der Waals surface area contributed by atoms with E-state index in [0.29, 0.717) is 6.61 Å². The summed E-state index contributed by atoms with van der Waals surface area (Å²) in [5, 5.41) is 0. The molecule has 1 unspecified atom stereocenters. The van der Waals surface area contributed by atoms with Crippen molar-refractivity contribution in [3.8, 4) is 0 Å². The fourth-order valence-corrected chi connectivity index (χ4v) is 1.99. The van der Waals surface area contributed by atoms with E-state index in [2.05, 4.69) is 21.7 Å². The summed E-state index contributed by atoms with van der Waals surface area (Å²) < 4.78 is 5.75. The second kappa shape index (κ2) is 3.59. The lowest BCUT2D eigenvalue weighted by molar-refractivity contribution is -0.0321. The van der Waals surface area contributed by atoms with Crippen LogP contribution in [0.3, 0.4) is 0 Å². The molecule has 4 nitrogen and oxygen atoms in total. The van der Waals surface area contributed by atoms with Crippen LogP contribution in [-0.4, -0.2) is 9.97 Å². The molecule has 0 fully saturated rings. The zero-order chi connectivity index (χ0) is 10.9. The number of aromatic nitrogens is 2. The number of fused-ring (bicyclic) bond motifs is 1. The molecule has 1 aliphatic heterocycles. The van der Waals surface area contributed by atoms with Gasteiger partial charge in [0.25, 0.3) is 0 Å². The van der Waals surface area contributed by atoms with Gasteiger partial charge in [0, 0.05) is 0 Å². The Morgan fingerprint density at radius 2 is 2.47 bits per heavy atom. The zero-order valence-electron chi connectivity index (χ0n) is 8.95. The van der Waals surface area contributed by atoms with Crippen LogP contribution in [0, 0.1) is 6.57 Å². The highest BCUT2D eigenvalue weighted by atomic mass is 16.5. The van der Waals surface area contributed by atoms with E-state index >= 15 is 0 Å². The minimum atomic E-state index is -0.327. The van der Waals surface area contributed by atoms with E-state index in [-0.39, 0.29) is 11.5 Å². The minimum Gasteiger partial charge on any atom is -0.394 e. The van der Waals surface area contributed by atoms with Crippen molar-refractivity contribution in [3.63, 3.8) is 0 Å². The highest BCUT2D eigenvalue weighted by Gasteiger charge is 2.39. The van der Waals surface area contributed by atoms with Gasteiger partial charge in [-0.25, -0.2) is 0 Å². The number of hydrogen-bond acceptors (Lipinski definition) is 3. The van der Waals surface area contributed by atoms with Crippen LogP contribution in [0.15, 0.2) is 6.20 Å². The highest BCUT2D eigenvalue weighted by Crippen LogP contribution is 2.38. The summed E-state index contributed by atoms with van der Waals surface area (Å²) in [7, 11) is 0. The molecule has 15 heavy (non-hydrogen) atoms. The van der Waals surface area contributed by atoms with Gasteiger partial charge in [0.05, 0.1) is 18.4 Å². The van der Waals surface area contributed by atoms with Crippen LogP contribution in [0.2, 0.25) is 0 Å². The van der Waals surface area contributed by atoms with Crippen molar-refractivity contribution in [3.05, 3.63) is 28.9 Å². The Kier molecular flexibility index (Phi) is 2.41. The summed E-state index contributed by atoms with van der Waals surface area (Å²) in [6, 6.07) is 0. The second-order valence-electron chi connectivity index (χ2n) is 3.93. The Labute approximate surface area is 89.1 Å². The van der Waals surface area contributed by atoms with Gasteiger partial charge in [-0.2, -0.15) is 9.97 Å². The van der Waals surface area contributed by atoms with E-state index in [1.807, 2.05) is 6.92 Å². The van der Waals surface area contributed by atoms with Crippen LogP contribution in [0.1, 0.15) is 37.9 Å². The lowest BCUT2D eigenvalue weighted by atomic mass is 9.96. The minimum absolute atomic E-state index is 0.210. The third-order valence-corrected chi connectivity index (χ3v) is 2.73. The Morgan fingerprint density at radius 3 is 3.13 bits per heavy atom. The molecule has 0 saturated heterocycles. The Morgan fingerprint density at radius 1 is 1.67 bits per heavy atom. The fourth-order valence-electron chi connectivity index (χ4n) is 1.99. The first-order chi connectivity index (χ1) is 7.19. The largest absolute Gasteiger partial charge is 0.394 e. The Bertz CT molecular complexity index is 420. The summed E-state index contributed by atoms with van der Waals surface area (Å²) in [4.78, 5) is 11.4. The van der Waals surface area contributed by atoms with Gasteiger partial charge in [0.2, 0.25) is 0 Å². The third-order valence-electron chi connectivity index (χ3n) is 2.73. The molecule has 0 spiro atoms. The summed E-state index contributed by atoms with van der Waals surface area (Å²) in [6.45, 7) is 11.6. The Balaban J connectivity index is 2.44. The summed E-state index contributed by atoms with van der Waals surface area (Å²) in [5.41, 5.74) is 1.58.